The number of likely N-dealkylation sites (tertiary alicyclic amines) is 1. The van der Waals surface area contributed by atoms with Crippen LogP contribution < -0.4 is 0 Å². The summed E-state index contributed by atoms with van der Waals surface area (Å²) in [6.07, 6.45) is 1.72. The number of halogens is 1. The van der Waals surface area contributed by atoms with Gasteiger partial charge < -0.3 is 4.90 Å². The molecular formula is C7H9FNO. The molecule has 1 aliphatic heterocycles. The highest BCUT2D eigenvalue weighted by atomic mass is 19.1. The maximum Gasteiger partial charge on any atom is 0.246 e. The molecule has 1 rings (SSSR count). The number of hydrogen-bond donors (Lipinski definition) is 0. The first-order valence-corrected chi connectivity index (χ1v) is 3.13. The van der Waals surface area contributed by atoms with Crippen molar-refractivity contribution in [1.82, 2.24) is 4.90 Å². The SMILES string of the molecule is C=CC(=O)N1C[CH]C(F)C1. The van der Waals surface area contributed by atoms with Gasteiger partial charge in [0.1, 0.15) is 6.17 Å². The Bertz CT molecular complexity index is 158. The molecule has 10 heavy (non-hydrogen) atoms. The zero-order chi connectivity index (χ0) is 7.56. The number of rotatable bonds is 1. The van der Waals surface area contributed by atoms with Crippen LogP contribution in [0.3, 0.4) is 0 Å². The number of nitrogens with zero attached hydrogens (tertiary/aromatic N) is 1. The summed E-state index contributed by atoms with van der Waals surface area (Å²) in [4.78, 5) is 12.2. The van der Waals surface area contributed by atoms with E-state index in [2.05, 4.69) is 6.58 Å². The van der Waals surface area contributed by atoms with Gasteiger partial charge in [0.15, 0.2) is 0 Å². The van der Waals surface area contributed by atoms with Gasteiger partial charge in [-0.1, -0.05) is 6.58 Å². The molecule has 1 heterocycles. The van der Waals surface area contributed by atoms with Crippen molar-refractivity contribution in [3.63, 3.8) is 0 Å². The van der Waals surface area contributed by atoms with Crippen LogP contribution in [-0.4, -0.2) is 30.1 Å². The van der Waals surface area contributed by atoms with E-state index in [0.29, 0.717) is 6.54 Å². The maximum atomic E-state index is 12.4. The lowest BCUT2D eigenvalue weighted by Gasteiger charge is -2.10. The summed E-state index contributed by atoms with van der Waals surface area (Å²) in [6.45, 7) is 3.90. The van der Waals surface area contributed by atoms with Crippen LogP contribution in [0.4, 0.5) is 4.39 Å². The fourth-order valence-corrected chi connectivity index (χ4v) is 0.910. The maximum absolute atomic E-state index is 12.4. The zero-order valence-electron chi connectivity index (χ0n) is 5.59. The van der Waals surface area contributed by atoms with E-state index >= 15 is 0 Å². The molecular weight excluding hydrogens is 133 g/mol. The van der Waals surface area contributed by atoms with Crippen LogP contribution in [0.1, 0.15) is 0 Å². The molecule has 0 spiro atoms. The predicted octanol–water partition coefficient (Wildman–Crippen LogP) is 0.557. The molecule has 0 aliphatic carbocycles. The Morgan fingerprint density at radius 1 is 1.90 bits per heavy atom. The monoisotopic (exact) mass is 142 g/mol. The smallest absolute Gasteiger partial charge is 0.246 e. The molecule has 0 N–H and O–H groups in total. The molecule has 2 nitrogen and oxygen atoms in total. The minimum absolute atomic E-state index is 0.185. The number of carbonyl (C=O) groups excluding carboxylic acids is 1. The molecule has 1 atom stereocenters. The van der Waals surface area contributed by atoms with Gasteiger partial charge in [0, 0.05) is 13.0 Å². The molecule has 0 saturated carbocycles. The van der Waals surface area contributed by atoms with Gasteiger partial charge in [-0.15, -0.1) is 0 Å². The third-order valence-corrected chi connectivity index (χ3v) is 1.46. The number of alkyl halides is 1. The molecule has 1 fully saturated rings. The highest BCUT2D eigenvalue weighted by molar-refractivity contribution is 5.87. The van der Waals surface area contributed by atoms with Crippen molar-refractivity contribution in [3.8, 4) is 0 Å². The van der Waals surface area contributed by atoms with Gasteiger partial charge >= 0.3 is 0 Å². The molecule has 1 aliphatic rings. The largest absolute Gasteiger partial charge is 0.336 e. The third-order valence-electron chi connectivity index (χ3n) is 1.46. The summed E-state index contributed by atoms with van der Waals surface area (Å²) in [5.41, 5.74) is 0. The Morgan fingerprint density at radius 3 is 3.00 bits per heavy atom. The van der Waals surface area contributed by atoms with Crippen LogP contribution in [0.15, 0.2) is 12.7 Å². The van der Waals surface area contributed by atoms with Gasteiger partial charge in [0.25, 0.3) is 0 Å². The van der Waals surface area contributed by atoms with Crippen LogP contribution >= 0.6 is 0 Å². The van der Waals surface area contributed by atoms with E-state index in [1.165, 1.54) is 17.4 Å². The lowest BCUT2D eigenvalue weighted by molar-refractivity contribution is -0.125. The Hall–Kier alpha value is -0.860. The molecule has 1 saturated heterocycles. The second kappa shape index (κ2) is 2.82. The molecule has 3 heteroatoms. The molecule has 1 unspecified atom stereocenters. The van der Waals surface area contributed by atoms with Gasteiger partial charge in [-0.25, -0.2) is 4.39 Å². The van der Waals surface area contributed by atoms with Gasteiger partial charge in [0.2, 0.25) is 5.91 Å². The normalized spacial score (nSPS) is 24.9. The Balaban J connectivity index is 2.44. The first kappa shape index (κ1) is 7.25. The third kappa shape index (κ3) is 1.35. The second-order valence-corrected chi connectivity index (χ2v) is 2.20. The van der Waals surface area contributed by atoms with Crippen molar-refractivity contribution in [2.24, 2.45) is 0 Å². The number of amides is 1. The summed E-state index contributed by atoms with van der Waals surface area (Å²) in [7, 11) is 0. The van der Waals surface area contributed by atoms with Crippen LogP contribution in [0.25, 0.3) is 0 Å². The first-order chi connectivity index (χ1) is 4.74. The van der Waals surface area contributed by atoms with Gasteiger partial charge in [-0.05, 0) is 6.08 Å². The van der Waals surface area contributed by atoms with Gasteiger partial charge in [-0.2, -0.15) is 0 Å². The Labute approximate surface area is 59.3 Å². The quantitative estimate of drug-likeness (QED) is 0.490. The van der Waals surface area contributed by atoms with E-state index in [1.54, 1.807) is 0 Å². The second-order valence-electron chi connectivity index (χ2n) is 2.20. The standard InChI is InChI=1S/C7H9FNO/c1-2-7(10)9-4-3-6(8)5-9/h2-3,6H,1,4-5H2. The molecule has 55 valence electrons. The summed E-state index contributed by atoms with van der Waals surface area (Å²) in [5, 5.41) is 0. The Morgan fingerprint density at radius 2 is 2.60 bits per heavy atom. The number of carbonyl (C=O) groups is 1. The lowest BCUT2D eigenvalue weighted by Crippen LogP contribution is -2.26. The topological polar surface area (TPSA) is 20.3 Å². The molecule has 0 aromatic carbocycles. The van der Waals surface area contributed by atoms with E-state index in [0.717, 1.165) is 0 Å². The average Bonchev–Trinajstić information content (AvgIpc) is 2.34. The molecule has 1 amide bonds. The van der Waals surface area contributed by atoms with Crippen molar-refractivity contribution in [2.75, 3.05) is 13.1 Å². The van der Waals surface area contributed by atoms with Crippen molar-refractivity contribution < 1.29 is 9.18 Å². The van der Waals surface area contributed by atoms with Gasteiger partial charge in [0.05, 0.1) is 6.54 Å². The van der Waals surface area contributed by atoms with Crippen LogP contribution in [0.5, 0.6) is 0 Å². The zero-order valence-corrected chi connectivity index (χ0v) is 5.59. The van der Waals surface area contributed by atoms with Gasteiger partial charge in [-0.3, -0.25) is 4.79 Å². The molecule has 0 aromatic rings. The summed E-state index contributed by atoms with van der Waals surface area (Å²) in [6, 6.07) is 0. The van der Waals surface area contributed by atoms with Crippen molar-refractivity contribution >= 4 is 5.91 Å². The highest BCUT2D eigenvalue weighted by Crippen LogP contribution is 2.10. The minimum atomic E-state index is -0.955. The Kier molecular flexibility index (Phi) is 2.04. The fraction of sp³-hybridized carbons (Fsp3) is 0.429. The lowest BCUT2D eigenvalue weighted by atomic mass is 10.3. The van der Waals surface area contributed by atoms with Crippen molar-refractivity contribution in [2.45, 2.75) is 6.17 Å². The van der Waals surface area contributed by atoms with Crippen LogP contribution in [0.2, 0.25) is 0 Å². The predicted molar refractivity (Wildman–Crippen MR) is 36.0 cm³/mol. The number of hydrogen-bond acceptors (Lipinski definition) is 1. The van der Waals surface area contributed by atoms with Crippen molar-refractivity contribution in [3.05, 3.63) is 19.1 Å². The van der Waals surface area contributed by atoms with E-state index < -0.39 is 6.17 Å². The average molecular weight is 142 g/mol. The molecule has 0 aromatic heterocycles. The van der Waals surface area contributed by atoms with Crippen LogP contribution in [-0.2, 0) is 4.79 Å². The first-order valence-electron chi connectivity index (χ1n) is 3.13. The summed E-state index contributed by atoms with van der Waals surface area (Å²) < 4.78 is 12.4. The van der Waals surface area contributed by atoms with Crippen LogP contribution in [0, 0.1) is 6.42 Å². The van der Waals surface area contributed by atoms with E-state index in [1.807, 2.05) is 0 Å². The van der Waals surface area contributed by atoms with E-state index in [9.17, 15) is 9.18 Å². The molecule has 1 radical (unpaired) electrons. The van der Waals surface area contributed by atoms with Crippen molar-refractivity contribution in [1.29, 1.82) is 0 Å². The van der Waals surface area contributed by atoms with E-state index in [4.69, 9.17) is 0 Å². The minimum Gasteiger partial charge on any atom is -0.336 e. The summed E-state index contributed by atoms with van der Waals surface area (Å²) in [5.74, 6) is -0.198. The molecule has 0 bridgehead atoms. The fourth-order valence-electron chi connectivity index (χ4n) is 0.910. The van der Waals surface area contributed by atoms with E-state index in [-0.39, 0.29) is 12.5 Å². The highest BCUT2D eigenvalue weighted by Gasteiger charge is 2.24. The summed E-state index contributed by atoms with van der Waals surface area (Å²) >= 11 is 0.